The first-order valence-electron chi connectivity index (χ1n) is 8.76. The van der Waals surface area contributed by atoms with Crippen LogP contribution in [0, 0.1) is 0 Å². The van der Waals surface area contributed by atoms with Crippen molar-refractivity contribution in [2.75, 3.05) is 4.90 Å². The van der Waals surface area contributed by atoms with Gasteiger partial charge in [0.15, 0.2) is 5.13 Å². The topological polar surface area (TPSA) is 46.1 Å². The number of halogens is 4. The number of aromatic nitrogens is 2. The van der Waals surface area contributed by atoms with Crippen LogP contribution in [0.2, 0.25) is 0 Å². The van der Waals surface area contributed by atoms with E-state index in [9.17, 15) is 18.0 Å². The van der Waals surface area contributed by atoms with Crippen LogP contribution in [0.4, 0.5) is 18.3 Å². The Hall–Kier alpha value is -2.78. The van der Waals surface area contributed by atoms with Crippen LogP contribution in [0.25, 0.3) is 10.2 Å². The Labute approximate surface area is 182 Å². The van der Waals surface area contributed by atoms with Gasteiger partial charge in [0.2, 0.25) is 0 Å². The molecular weight excluding hydrogens is 479 g/mol. The first-order chi connectivity index (χ1) is 14.3. The number of amides is 1. The second-order valence-corrected chi connectivity index (χ2v) is 8.32. The molecule has 30 heavy (non-hydrogen) atoms. The molecule has 2 aromatic carbocycles. The van der Waals surface area contributed by atoms with Gasteiger partial charge in [0.25, 0.3) is 5.91 Å². The normalized spacial score (nSPS) is 11.6. The summed E-state index contributed by atoms with van der Waals surface area (Å²) in [6.07, 6.45) is -2.94. The van der Waals surface area contributed by atoms with Crippen molar-refractivity contribution in [2.45, 2.75) is 12.7 Å². The number of alkyl halides is 3. The predicted molar refractivity (Wildman–Crippen MR) is 114 cm³/mol. The molecule has 4 nitrogen and oxygen atoms in total. The van der Waals surface area contributed by atoms with Crippen LogP contribution < -0.4 is 4.90 Å². The summed E-state index contributed by atoms with van der Waals surface area (Å²) in [6, 6.07) is 15.2. The van der Waals surface area contributed by atoms with Gasteiger partial charge in [0, 0.05) is 16.2 Å². The average Bonchev–Trinajstić information content (AvgIpc) is 3.14. The molecule has 4 rings (SSSR count). The Balaban J connectivity index is 1.77. The van der Waals surface area contributed by atoms with Crippen molar-refractivity contribution < 1.29 is 18.0 Å². The Morgan fingerprint density at radius 3 is 2.63 bits per heavy atom. The molecule has 0 atom stereocenters. The van der Waals surface area contributed by atoms with E-state index < -0.39 is 17.6 Å². The molecule has 0 aliphatic heterocycles. The molecule has 2 heterocycles. The van der Waals surface area contributed by atoms with E-state index in [4.69, 9.17) is 0 Å². The van der Waals surface area contributed by atoms with E-state index in [0.29, 0.717) is 16.3 Å². The molecule has 0 unspecified atom stereocenters. The lowest BCUT2D eigenvalue weighted by atomic mass is 10.1. The molecule has 0 aliphatic carbocycles. The number of rotatable bonds is 4. The molecule has 2 aromatic heterocycles. The van der Waals surface area contributed by atoms with Gasteiger partial charge in [-0.05, 0) is 48.5 Å². The zero-order chi connectivity index (χ0) is 21.3. The number of hydrogen-bond acceptors (Lipinski definition) is 4. The molecule has 0 saturated carbocycles. The first-order valence-corrected chi connectivity index (χ1v) is 10.4. The number of carbonyl (C=O) groups is 1. The Morgan fingerprint density at radius 1 is 1.07 bits per heavy atom. The standard InChI is InChI=1S/C21H13BrF3N3OS/c22-15-7-8-17-18(11-15)30-20(27-17)28(12-16-6-1-2-9-26-16)19(29)13-4-3-5-14(10-13)21(23,24)25/h1-11H,12H2. The zero-order valence-corrected chi connectivity index (χ0v) is 17.6. The third-order valence-electron chi connectivity index (χ3n) is 4.30. The second kappa shape index (κ2) is 8.16. The molecule has 0 bridgehead atoms. The van der Waals surface area contributed by atoms with Gasteiger partial charge in [0.05, 0.1) is 28.0 Å². The fourth-order valence-corrected chi connectivity index (χ4v) is 4.38. The number of anilines is 1. The maximum Gasteiger partial charge on any atom is 0.416 e. The van der Waals surface area contributed by atoms with Crippen LogP contribution in [0.5, 0.6) is 0 Å². The third kappa shape index (κ3) is 4.36. The predicted octanol–water partition coefficient (Wildman–Crippen LogP) is 6.32. The Kier molecular flexibility index (Phi) is 5.57. The maximum atomic E-state index is 13.3. The fraction of sp³-hybridized carbons (Fsp3) is 0.0952. The van der Waals surface area contributed by atoms with E-state index in [1.165, 1.54) is 28.4 Å². The van der Waals surface area contributed by atoms with Crippen LogP contribution in [0.3, 0.4) is 0 Å². The highest BCUT2D eigenvalue weighted by molar-refractivity contribution is 9.10. The van der Waals surface area contributed by atoms with Crippen molar-refractivity contribution in [1.29, 1.82) is 0 Å². The fourth-order valence-electron chi connectivity index (χ4n) is 2.87. The first kappa shape index (κ1) is 20.5. The quantitative estimate of drug-likeness (QED) is 0.335. The molecule has 9 heteroatoms. The van der Waals surface area contributed by atoms with Crippen molar-refractivity contribution in [1.82, 2.24) is 9.97 Å². The molecule has 1 amide bonds. The summed E-state index contributed by atoms with van der Waals surface area (Å²) in [7, 11) is 0. The summed E-state index contributed by atoms with van der Waals surface area (Å²) in [6.45, 7) is 0.0803. The maximum absolute atomic E-state index is 13.3. The van der Waals surface area contributed by atoms with Gasteiger partial charge >= 0.3 is 6.18 Å². The highest BCUT2D eigenvalue weighted by Gasteiger charge is 2.32. The van der Waals surface area contributed by atoms with Gasteiger partial charge in [-0.25, -0.2) is 4.98 Å². The third-order valence-corrected chi connectivity index (χ3v) is 5.83. The number of thiazole rings is 1. The van der Waals surface area contributed by atoms with Crippen molar-refractivity contribution in [2.24, 2.45) is 0 Å². The lowest BCUT2D eigenvalue weighted by Gasteiger charge is -2.20. The molecule has 0 spiro atoms. The minimum atomic E-state index is -4.54. The van der Waals surface area contributed by atoms with Crippen LogP contribution in [-0.4, -0.2) is 15.9 Å². The van der Waals surface area contributed by atoms with E-state index in [1.54, 1.807) is 24.4 Å². The van der Waals surface area contributed by atoms with Gasteiger partial charge in [-0.1, -0.05) is 39.4 Å². The number of carbonyl (C=O) groups excluding carboxylic acids is 1. The van der Waals surface area contributed by atoms with Crippen LogP contribution in [-0.2, 0) is 12.7 Å². The zero-order valence-electron chi connectivity index (χ0n) is 15.2. The molecule has 0 radical (unpaired) electrons. The van der Waals surface area contributed by atoms with Gasteiger partial charge in [-0.2, -0.15) is 13.2 Å². The van der Waals surface area contributed by atoms with Gasteiger partial charge in [0.1, 0.15) is 0 Å². The molecule has 0 N–H and O–H groups in total. The summed E-state index contributed by atoms with van der Waals surface area (Å²) in [5, 5.41) is 0.385. The van der Waals surface area contributed by atoms with Crippen molar-refractivity contribution in [3.63, 3.8) is 0 Å². The smallest absolute Gasteiger partial charge is 0.278 e. The number of fused-ring (bicyclic) bond motifs is 1. The van der Waals surface area contributed by atoms with Crippen LogP contribution in [0.1, 0.15) is 21.6 Å². The summed E-state index contributed by atoms with van der Waals surface area (Å²) < 4.78 is 41.1. The number of hydrogen-bond donors (Lipinski definition) is 0. The van der Waals surface area contributed by atoms with E-state index in [1.807, 2.05) is 18.2 Å². The monoisotopic (exact) mass is 491 g/mol. The Morgan fingerprint density at radius 2 is 1.90 bits per heavy atom. The van der Waals surface area contributed by atoms with E-state index >= 15 is 0 Å². The van der Waals surface area contributed by atoms with Crippen molar-refractivity contribution in [3.8, 4) is 0 Å². The molecular formula is C21H13BrF3N3OS. The second-order valence-electron chi connectivity index (χ2n) is 6.40. The molecule has 0 saturated heterocycles. The summed E-state index contributed by atoms with van der Waals surface area (Å²) >= 11 is 4.69. The summed E-state index contributed by atoms with van der Waals surface area (Å²) in [4.78, 5) is 23.4. The number of nitrogens with zero attached hydrogens (tertiary/aromatic N) is 3. The SMILES string of the molecule is O=C(c1cccc(C(F)(F)F)c1)N(Cc1ccccn1)c1nc2ccc(Br)cc2s1. The summed E-state index contributed by atoms with van der Waals surface area (Å²) in [5.41, 5.74) is 0.347. The lowest BCUT2D eigenvalue weighted by molar-refractivity contribution is -0.137. The molecule has 0 aliphatic rings. The van der Waals surface area contributed by atoms with Crippen LogP contribution >= 0.6 is 27.3 Å². The highest BCUT2D eigenvalue weighted by Crippen LogP contribution is 2.33. The highest BCUT2D eigenvalue weighted by atomic mass is 79.9. The lowest BCUT2D eigenvalue weighted by Crippen LogP contribution is -2.31. The van der Waals surface area contributed by atoms with E-state index in [-0.39, 0.29) is 12.1 Å². The van der Waals surface area contributed by atoms with Gasteiger partial charge < -0.3 is 0 Å². The van der Waals surface area contributed by atoms with E-state index in [2.05, 4.69) is 25.9 Å². The van der Waals surface area contributed by atoms with E-state index in [0.717, 1.165) is 21.3 Å². The van der Waals surface area contributed by atoms with Crippen LogP contribution in [0.15, 0.2) is 71.3 Å². The largest absolute Gasteiger partial charge is 0.416 e. The van der Waals surface area contributed by atoms with Gasteiger partial charge in [-0.3, -0.25) is 14.7 Å². The van der Waals surface area contributed by atoms with Gasteiger partial charge in [-0.15, -0.1) is 0 Å². The molecule has 152 valence electrons. The minimum absolute atomic E-state index is 0.0683. The average molecular weight is 492 g/mol. The Bertz CT molecular complexity index is 1210. The van der Waals surface area contributed by atoms with Crippen molar-refractivity contribution in [3.05, 3.63) is 88.2 Å². The van der Waals surface area contributed by atoms with Crippen molar-refractivity contribution >= 4 is 48.5 Å². The summed E-state index contributed by atoms with van der Waals surface area (Å²) in [5.74, 6) is -0.579. The minimum Gasteiger partial charge on any atom is -0.278 e. The molecule has 0 fully saturated rings. The number of benzene rings is 2. The molecule has 4 aromatic rings. The number of pyridine rings is 1.